The molecule has 0 saturated carbocycles. The third-order valence-electron chi connectivity index (χ3n) is 4.14. The van der Waals surface area contributed by atoms with E-state index in [1.807, 2.05) is 6.20 Å². The Hall–Kier alpha value is -2.25. The minimum Gasteiger partial charge on any atom is -0.302 e. The summed E-state index contributed by atoms with van der Waals surface area (Å²) in [5.41, 5.74) is 2.45. The highest BCUT2D eigenvalue weighted by Gasteiger charge is 2.25. The first-order valence-corrected chi connectivity index (χ1v) is 8.89. The second-order valence-corrected chi connectivity index (χ2v) is 7.71. The average molecular weight is 328 g/mol. The summed E-state index contributed by atoms with van der Waals surface area (Å²) in [5.74, 6) is 0. The molecule has 3 heterocycles. The van der Waals surface area contributed by atoms with Crippen LogP contribution in [0, 0.1) is 0 Å². The molecule has 0 N–H and O–H groups in total. The highest BCUT2D eigenvalue weighted by Crippen LogP contribution is 2.25. The molecular formula is C16H16N4O2S. The van der Waals surface area contributed by atoms with Crippen molar-refractivity contribution in [2.75, 3.05) is 13.6 Å². The third-order valence-corrected chi connectivity index (χ3v) is 5.90. The monoisotopic (exact) mass is 328 g/mol. The van der Waals surface area contributed by atoms with Crippen LogP contribution in [0.1, 0.15) is 11.3 Å². The molecule has 0 fully saturated rings. The van der Waals surface area contributed by atoms with E-state index in [2.05, 4.69) is 22.0 Å². The lowest BCUT2D eigenvalue weighted by Crippen LogP contribution is -2.27. The molecule has 0 unspecified atom stereocenters. The largest absolute Gasteiger partial charge is 0.302 e. The molecule has 23 heavy (non-hydrogen) atoms. The van der Waals surface area contributed by atoms with E-state index in [1.54, 1.807) is 34.8 Å². The van der Waals surface area contributed by atoms with Gasteiger partial charge in [0, 0.05) is 31.3 Å². The molecule has 3 aromatic rings. The Labute approximate surface area is 134 Å². The molecule has 2 aromatic heterocycles. The smallest absolute Gasteiger partial charge is 0.211 e. The summed E-state index contributed by atoms with van der Waals surface area (Å²) < 4.78 is 27.2. The zero-order valence-electron chi connectivity index (χ0n) is 12.7. The van der Waals surface area contributed by atoms with Gasteiger partial charge in [-0.3, -0.25) is 0 Å². The molecule has 1 aromatic carbocycles. The van der Waals surface area contributed by atoms with Gasteiger partial charge in [0.1, 0.15) is 4.90 Å². The number of nitrogens with zero attached hydrogens (tertiary/aromatic N) is 4. The molecular weight excluding hydrogens is 312 g/mol. The zero-order chi connectivity index (χ0) is 16.0. The van der Waals surface area contributed by atoms with Crippen LogP contribution >= 0.6 is 0 Å². The van der Waals surface area contributed by atoms with Gasteiger partial charge in [-0.05, 0) is 19.2 Å². The Morgan fingerprint density at radius 1 is 1.17 bits per heavy atom. The van der Waals surface area contributed by atoms with Crippen LogP contribution in [0.3, 0.4) is 0 Å². The van der Waals surface area contributed by atoms with Crippen LogP contribution in [0.2, 0.25) is 0 Å². The molecule has 118 valence electrons. The van der Waals surface area contributed by atoms with Crippen LogP contribution in [0.15, 0.2) is 52.5 Å². The van der Waals surface area contributed by atoms with Crippen molar-refractivity contribution in [2.24, 2.45) is 0 Å². The Morgan fingerprint density at radius 2 is 1.96 bits per heavy atom. The number of aromatic nitrogens is 3. The summed E-state index contributed by atoms with van der Waals surface area (Å²) in [4.78, 5) is 7.22. The Morgan fingerprint density at radius 3 is 2.74 bits per heavy atom. The third kappa shape index (κ3) is 2.32. The van der Waals surface area contributed by atoms with E-state index in [-0.39, 0.29) is 9.79 Å². The van der Waals surface area contributed by atoms with Gasteiger partial charge < -0.3 is 4.90 Å². The highest BCUT2D eigenvalue weighted by atomic mass is 32.2. The van der Waals surface area contributed by atoms with E-state index in [0.717, 1.165) is 30.8 Å². The number of rotatable bonds is 2. The van der Waals surface area contributed by atoms with E-state index in [1.165, 1.54) is 6.20 Å². The predicted molar refractivity (Wildman–Crippen MR) is 84.9 cm³/mol. The topological polar surface area (TPSA) is 67.6 Å². The summed E-state index contributed by atoms with van der Waals surface area (Å²) in [6, 6.07) is 8.39. The quantitative estimate of drug-likeness (QED) is 0.714. The first kappa shape index (κ1) is 14.3. The Balaban J connectivity index is 1.89. The average Bonchev–Trinajstić information content (AvgIpc) is 2.97. The van der Waals surface area contributed by atoms with Crippen LogP contribution in [-0.4, -0.2) is 41.5 Å². The molecule has 1 aliphatic rings. The van der Waals surface area contributed by atoms with Gasteiger partial charge in [-0.2, -0.15) is 5.10 Å². The fourth-order valence-electron chi connectivity index (χ4n) is 2.89. The van der Waals surface area contributed by atoms with Crippen molar-refractivity contribution in [1.82, 2.24) is 19.5 Å². The van der Waals surface area contributed by atoms with Crippen LogP contribution in [0.5, 0.6) is 0 Å². The minimum absolute atomic E-state index is 0.158. The minimum atomic E-state index is -3.62. The Kier molecular flexibility index (Phi) is 3.21. The number of hydrogen-bond donors (Lipinski definition) is 0. The first-order valence-electron chi connectivity index (χ1n) is 7.40. The molecule has 0 bridgehead atoms. The van der Waals surface area contributed by atoms with Crippen molar-refractivity contribution in [3.63, 3.8) is 0 Å². The van der Waals surface area contributed by atoms with Crippen LogP contribution in [0.25, 0.3) is 5.65 Å². The summed E-state index contributed by atoms with van der Waals surface area (Å²) in [6.07, 6.45) is 4.09. The molecule has 6 nitrogen and oxygen atoms in total. The second-order valence-electron chi connectivity index (χ2n) is 5.79. The SMILES string of the molecule is CN1CCc2nc3c(S(=O)(=O)c4ccccc4)cnn3cc2C1. The number of likely N-dealkylation sites (N-methyl/N-ethyl adjacent to an activating group) is 1. The van der Waals surface area contributed by atoms with Gasteiger partial charge in [0.15, 0.2) is 5.65 Å². The van der Waals surface area contributed by atoms with Crippen molar-refractivity contribution >= 4 is 15.5 Å². The van der Waals surface area contributed by atoms with Gasteiger partial charge in [0.2, 0.25) is 9.84 Å². The molecule has 0 aliphatic carbocycles. The molecule has 1 aliphatic heterocycles. The molecule has 0 atom stereocenters. The van der Waals surface area contributed by atoms with Crippen LogP contribution in [-0.2, 0) is 22.8 Å². The van der Waals surface area contributed by atoms with Gasteiger partial charge >= 0.3 is 0 Å². The maximum atomic E-state index is 12.8. The van der Waals surface area contributed by atoms with Gasteiger partial charge in [-0.25, -0.2) is 17.9 Å². The summed E-state index contributed by atoms with van der Waals surface area (Å²) in [5, 5.41) is 4.20. The van der Waals surface area contributed by atoms with Crippen molar-refractivity contribution < 1.29 is 8.42 Å². The van der Waals surface area contributed by atoms with Crippen molar-refractivity contribution in [3.8, 4) is 0 Å². The molecule has 0 spiro atoms. The van der Waals surface area contributed by atoms with Gasteiger partial charge in [0.25, 0.3) is 0 Å². The van der Waals surface area contributed by atoms with Crippen molar-refractivity contribution in [3.05, 3.63) is 54.0 Å². The predicted octanol–water partition coefficient (Wildman–Crippen LogP) is 1.55. The van der Waals surface area contributed by atoms with Gasteiger partial charge in [-0.15, -0.1) is 0 Å². The molecule has 0 saturated heterocycles. The lowest BCUT2D eigenvalue weighted by molar-refractivity contribution is 0.309. The normalized spacial score (nSPS) is 15.7. The van der Waals surface area contributed by atoms with E-state index in [4.69, 9.17) is 0 Å². The summed E-state index contributed by atoms with van der Waals surface area (Å²) in [6.45, 7) is 1.73. The van der Waals surface area contributed by atoms with E-state index >= 15 is 0 Å². The number of benzene rings is 1. The summed E-state index contributed by atoms with van der Waals surface area (Å²) >= 11 is 0. The lowest BCUT2D eigenvalue weighted by Gasteiger charge is -2.23. The standard InChI is InChI=1S/C16H16N4O2S/c1-19-8-7-14-12(10-19)11-20-16(18-14)15(9-17-20)23(21,22)13-5-3-2-4-6-13/h2-6,9,11H,7-8,10H2,1H3. The first-order chi connectivity index (χ1) is 11.1. The Bertz CT molecular complexity index is 980. The zero-order valence-corrected chi connectivity index (χ0v) is 13.5. The molecule has 7 heteroatoms. The second kappa shape index (κ2) is 5.14. The molecule has 0 radical (unpaired) electrons. The molecule has 4 rings (SSSR count). The van der Waals surface area contributed by atoms with Crippen LogP contribution in [0.4, 0.5) is 0 Å². The van der Waals surface area contributed by atoms with Gasteiger partial charge in [-0.1, -0.05) is 18.2 Å². The fourth-order valence-corrected chi connectivity index (χ4v) is 4.23. The van der Waals surface area contributed by atoms with Crippen molar-refractivity contribution in [1.29, 1.82) is 0 Å². The maximum Gasteiger partial charge on any atom is 0.211 e. The van der Waals surface area contributed by atoms with Crippen molar-refractivity contribution in [2.45, 2.75) is 22.8 Å². The van der Waals surface area contributed by atoms with E-state index < -0.39 is 9.84 Å². The number of hydrogen-bond acceptors (Lipinski definition) is 5. The van der Waals surface area contributed by atoms with Gasteiger partial charge in [0.05, 0.1) is 16.8 Å². The lowest BCUT2D eigenvalue weighted by atomic mass is 10.1. The molecule has 0 amide bonds. The van der Waals surface area contributed by atoms with E-state index in [9.17, 15) is 8.42 Å². The number of fused-ring (bicyclic) bond motifs is 2. The van der Waals surface area contributed by atoms with E-state index in [0.29, 0.717) is 5.65 Å². The highest BCUT2D eigenvalue weighted by molar-refractivity contribution is 7.91. The number of sulfone groups is 1. The fraction of sp³-hybridized carbons (Fsp3) is 0.250. The maximum absolute atomic E-state index is 12.8. The summed E-state index contributed by atoms with van der Waals surface area (Å²) in [7, 11) is -1.56. The van der Waals surface area contributed by atoms with Crippen LogP contribution < -0.4 is 0 Å².